The molecule has 3 N–H and O–H groups in total. The largest absolute Gasteiger partial charge is 0.481 e. The van der Waals surface area contributed by atoms with Gasteiger partial charge in [0.1, 0.15) is 17.2 Å². The first-order valence-electron chi connectivity index (χ1n) is 7.19. The third-order valence-electron chi connectivity index (χ3n) is 4.22. The molecule has 1 atom stereocenters. The molecule has 1 saturated carbocycles. The van der Waals surface area contributed by atoms with Crippen LogP contribution in [0.2, 0.25) is 5.02 Å². The highest BCUT2D eigenvalue weighted by atomic mass is 35.5. The van der Waals surface area contributed by atoms with Gasteiger partial charge in [-0.1, -0.05) is 11.6 Å². The summed E-state index contributed by atoms with van der Waals surface area (Å²) in [5.74, 6) is -1.80. The van der Waals surface area contributed by atoms with Crippen LogP contribution >= 0.6 is 11.6 Å². The van der Waals surface area contributed by atoms with E-state index in [4.69, 9.17) is 22.4 Å². The quantitative estimate of drug-likeness (QED) is 0.893. The summed E-state index contributed by atoms with van der Waals surface area (Å²) in [7, 11) is 0. The molecular formula is C15H15ClFN3O3. The van der Waals surface area contributed by atoms with Gasteiger partial charge in [-0.2, -0.15) is 0 Å². The highest BCUT2D eigenvalue weighted by Crippen LogP contribution is 2.38. The van der Waals surface area contributed by atoms with E-state index in [0.29, 0.717) is 12.8 Å². The molecule has 1 unspecified atom stereocenters. The fraction of sp³-hybridized carbons (Fsp3) is 0.400. The lowest BCUT2D eigenvalue weighted by Crippen LogP contribution is -2.40. The molecule has 2 aromatic rings. The average Bonchev–Trinajstić information content (AvgIpc) is 2.42. The lowest BCUT2D eigenvalue weighted by atomic mass is 9.80. The van der Waals surface area contributed by atoms with Gasteiger partial charge in [0.25, 0.3) is 5.56 Å². The van der Waals surface area contributed by atoms with Gasteiger partial charge >= 0.3 is 5.97 Å². The highest BCUT2D eigenvalue weighted by molar-refractivity contribution is 6.35. The molecule has 1 aliphatic carbocycles. The Labute approximate surface area is 135 Å². The molecule has 0 spiro atoms. The Morgan fingerprint density at radius 1 is 1.52 bits per heavy atom. The number of carbonyl (C=O) groups is 1. The molecule has 1 fully saturated rings. The summed E-state index contributed by atoms with van der Waals surface area (Å²) in [6.45, 7) is 1.64. The van der Waals surface area contributed by atoms with Crippen LogP contribution in [0.5, 0.6) is 0 Å². The van der Waals surface area contributed by atoms with E-state index in [1.807, 2.05) is 0 Å². The minimum absolute atomic E-state index is 0.00478. The van der Waals surface area contributed by atoms with Gasteiger partial charge in [-0.05, 0) is 31.9 Å². The fourth-order valence-electron chi connectivity index (χ4n) is 2.92. The van der Waals surface area contributed by atoms with Crippen LogP contribution in [0, 0.1) is 11.7 Å². The number of benzene rings is 1. The number of nitrogens with two attached hydrogens (primary N) is 1. The first kappa shape index (κ1) is 15.9. The van der Waals surface area contributed by atoms with E-state index in [9.17, 15) is 14.0 Å². The van der Waals surface area contributed by atoms with Gasteiger partial charge < -0.3 is 10.8 Å². The summed E-state index contributed by atoms with van der Waals surface area (Å²) in [4.78, 5) is 28.0. The highest BCUT2D eigenvalue weighted by Gasteiger charge is 2.38. The molecule has 122 valence electrons. The number of hydrogen-bond acceptors (Lipinski definition) is 4. The lowest BCUT2D eigenvalue weighted by Gasteiger charge is -2.35. The molecule has 1 aromatic carbocycles. The van der Waals surface area contributed by atoms with Gasteiger partial charge in [0.15, 0.2) is 0 Å². The van der Waals surface area contributed by atoms with E-state index in [2.05, 4.69) is 4.98 Å². The van der Waals surface area contributed by atoms with E-state index >= 15 is 0 Å². The summed E-state index contributed by atoms with van der Waals surface area (Å²) in [5, 5.41) is 9.10. The van der Waals surface area contributed by atoms with Crippen molar-refractivity contribution in [2.24, 2.45) is 11.7 Å². The summed E-state index contributed by atoms with van der Waals surface area (Å²) in [6.07, 6.45) is 0.629. The SMILES string of the molecule is CC(N)c1nc2c(F)ccc(Cl)c2c(=O)n1C1CC(C(=O)O)C1. The van der Waals surface area contributed by atoms with Gasteiger partial charge in [-0.15, -0.1) is 0 Å². The van der Waals surface area contributed by atoms with Crippen molar-refractivity contribution in [2.45, 2.75) is 31.8 Å². The van der Waals surface area contributed by atoms with Crippen molar-refractivity contribution < 1.29 is 14.3 Å². The Morgan fingerprint density at radius 3 is 2.74 bits per heavy atom. The first-order valence-corrected chi connectivity index (χ1v) is 7.57. The Kier molecular flexibility index (Phi) is 3.85. The number of halogens is 2. The number of nitrogens with zero attached hydrogens (tertiary/aromatic N) is 2. The Balaban J connectivity index is 2.22. The number of fused-ring (bicyclic) bond motifs is 1. The normalized spacial score (nSPS) is 21.9. The molecule has 8 heteroatoms. The first-order chi connectivity index (χ1) is 10.8. The molecule has 0 bridgehead atoms. The molecule has 0 aliphatic heterocycles. The van der Waals surface area contributed by atoms with Gasteiger partial charge in [0, 0.05) is 6.04 Å². The van der Waals surface area contributed by atoms with Crippen LogP contribution in [-0.4, -0.2) is 20.6 Å². The second-order valence-electron chi connectivity index (χ2n) is 5.85. The van der Waals surface area contributed by atoms with Gasteiger partial charge in [0.2, 0.25) is 0 Å². The zero-order chi connectivity index (χ0) is 16.9. The minimum Gasteiger partial charge on any atom is -0.481 e. The summed E-state index contributed by atoms with van der Waals surface area (Å²) < 4.78 is 15.4. The van der Waals surface area contributed by atoms with Gasteiger partial charge in [-0.3, -0.25) is 14.2 Å². The van der Waals surface area contributed by atoms with Crippen molar-refractivity contribution in [1.82, 2.24) is 9.55 Å². The molecule has 3 rings (SSSR count). The van der Waals surface area contributed by atoms with Crippen LogP contribution in [0.1, 0.15) is 37.7 Å². The average molecular weight is 340 g/mol. The molecule has 0 saturated heterocycles. The number of aromatic nitrogens is 2. The van der Waals surface area contributed by atoms with E-state index < -0.39 is 29.3 Å². The van der Waals surface area contributed by atoms with Crippen LogP contribution in [0.15, 0.2) is 16.9 Å². The predicted octanol–water partition coefficient (Wildman–Crippen LogP) is 2.24. The summed E-state index contributed by atoms with van der Waals surface area (Å²) in [5.41, 5.74) is 5.28. The molecule has 23 heavy (non-hydrogen) atoms. The van der Waals surface area contributed by atoms with Crippen molar-refractivity contribution in [3.05, 3.63) is 39.2 Å². The Hall–Kier alpha value is -1.99. The molecule has 0 amide bonds. The van der Waals surface area contributed by atoms with Crippen molar-refractivity contribution in [3.63, 3.8) is 0 Å². The summed E-state index contributed by atoms with van der Waals surface area (Å²) in [6, 6.07) is 1.53. The fourth-order valence-corrected chi connectivity index (χ4v) is 3.15. The van der Waals surface area contributed by atoms with Gasteiger partial charge in [-0.25, -0.2) is 9.37 Å². The number of carboxylic acid groups (broad SMARTS) is 1. The second kappa shape index (κ2) is 5.58. The number of hydrogen-bond donors (Lipinski definition) is 2. The number of carboxylic acids is 1. The zero-order valence-electron chi connectivity index (χ0n) is 12.3. The van der Waals surface area contributed by atoms with E-state index in [-0.39, 0.29) is 27.8 Å². The van der Waals surface area contributed by atoms with Crippen molar-refractivity contribution in [2.75, 3.05) is 0 Å². The molecule has 6 nitrogen and oxygen atoms in total. The van der Waals surface area contributed by atoms with Crippen LogP contribution in [0.25, 0.3) is 10.9 Å². The summed E-state index contributed by atoms with van der Waals surface area (Å²) >= 11 is 6.04. The third kappa shape index (κ3) is 2.49. The van der Waals surface area contributed by atoms with E-state index in [1.165, 1.54) is 10.6 Å². The molecular weight excluding hydrogens is 325 g/mol. The molecule has 1 aromatic heterocycles. The standard InChI is InChI=1S/C15H15ClFN3O3/c1-6(18)13-19-12-10(17)3-2-9(16)11(12)14(21)20(13)8-4-7(5-8)15(22)23/h2-3,6-8H,4-5,18H2,1H3,(H,22,23). The van der Waals surface area contributed by atoms with Crippen LogP contribution < -0.4 is 11.3 Å². The predicted molar refractivity (Wildman–Crippen MR) is 83.0 cm³/mol. The Bertz CT molecular complexity index is 859. The topological polar surface area (TPSA) is 98.2 Å². The maximum Gasteiger partial charge on any atom is 0.306 e. The number of aliphatic carboxylic acids is 1. The maximum absolute atomic E-state index is 14.0. The third-order valence-corrected chi connectivity index (χ3v) is 4.53. The van der Waals surface area contributed by atoms with E-state index in [1.54, 1.807) is 6.92 Å². The minimum atomic E-state index is -0.894. The molecule has 1 aliphatic rings. The van der Waals surface area contributed by atoms with Crippen LogP contribution in [-0.2, 0) is 4.79 Å². The molecule has 1 heterocycles. The molecule has 0 radical (unpaired) electrons. The number of rotatable bonds is 3. The van der Waals surface area contributed by atoms with Crippen molar-refractivity contribution in [1.29, 1.82) is 0 Å². The van der Waals surface area contributed by atoms with E-state index in [0.717, 1.165) is 6.07 Å². The monoisotopic (exact) mass is 339 g/mol. The lowest BCUT2D eigenvalue weighted by molar-refractivity contribution is -0.146. The zero-order valence-corrected chi connectivity index (χ0v) is 13.0. The maximum atomic E-state index is 14.0. The van der Waals surface area contributed by atoms with Crippen LogP contribution in [0.3, 0.4) is 0 Å². The van der Waals surface area contributed by atoms with Crippen LogP contribution in [0.4, 0.5) is 4.39 Å². The smallest absolute Gasteiger partial charge is 0.306 e. The second-order valence-corrected chi connectivity index (χ2v) is 6.25. The van der Waals surface area contributed by atoms with Crippen molar-refractivity contribution >= 4 is 28.5 Å². The van der Waals surface area contributed by atoms with Crippen molar-refractivity contribution in [3.8, 4) is 0 Å². The van der Waals surface area contributed by atoms with Gasteiger partial charge in [0.05, 0.1) is 22.4 Å². The Morgan fingerprint density at radius 2 is 2.17 bits per heavy atom.